The van der Waals surface area contributed by atoms with Gasteiger partial charge >= 0.3 is 0 Å². The van der Waals surface area contributed by atoms with Gasteiger partial charge in [-0.1, -0.05) is 74.0 Å². The van der Waals surface area contributed by atoms with Gasteiger partial charge in [0.1, 0.15) is 18.4 Å². The van der Waals surface area contributed by atoms with Gasteiger partial charge in [-0.25, -0.2) is 12.8 Å². The number of hydrogen-bond acceptors (Lipinski definition) is 4. The molecule has 3 rings (SSSR count). The molecule has 0 aliphatic heterocycles. The van der Waals surface area contributed by atoms with Crippen molar-refractivity contribution in [1.82, 2.24) is 10.2 Å². The van der Waals surface area contributed by atoms with Crippen molar-refractivity contribution in [2.75, 3.05) is 23.9 Å². The Morgan fingerprint density at radius 1 is 0.974 bits per heavy atom. The van der Waals surface area contributed by atoms with Crippen molar-refractivity contribution in [3.63, 3.8) is 0 Å². The third-order valence-electron chi connectivity index (χ3n) is 6.22. The highest BCUT2D eigenvalue weighted by Crippen LogP contribution is 2.28. The quantitative estimate of drug-likeness (QED) is 0.310. The second-order valence-electron chi connectivity index (χ2n) is 8.96. The molecule has 7 nitrogen and oxygen atoms in total. The van der Waals surface area contributed by atoms with E-state index < -0.39 is 34.3 Å². The SMILES string of the molecule is CCCNC(=O)[C@H](CC)N(CCc1ccccc1)C(=O)CN(c1ccc(F)c(Cl)c1)S(=O)(=O)c1ccccc1. The number of anilines is 1. The Morgan fingerprint density at radius 2 is 1.62 bits per heavy atom. The van der Waals surface area contributed by atoms with Gasteiger partial charge in [0.25, 0.3) is 10.0 Å². The summed E-state index contributed by atoms with van der Waals surface area (Å²) in [7, 11) is -4.24. The lowest BCUT2D eigenvalue weighted by Crippen LogP contribution is -2.53. The van der Waals surface area contributed by atoms with Crippen molar-refractivity contribution in [3.05, 3.63) is 95.3 Å². The Morgan fingerprint density at radius 3 is 2.21 bits per heavy atom. The first kappa shape index (κ1) is 30.1. The zero-order chi connectivity index (χ0) is 28.4. The molecular formula is C29H33ClFN3O4S. The zero-order valence-electron chi connectivity index (χ0n) is 22.0. The van der Waals surface area contributed by atoms with E-state index in [9.17, 15) is 22.4 Å². The third-order valence-corrected chi connectivity index (χ3v) is 8.30. The monoisotopic (exact) mass is 573 g/mol. The van der Waals surface area contributed by atoms with Crippen molar-refractivity contribution in [2.45, 2.75) is 44.0 Å². The molecule has 0 aliphatic rings. The standard InChI is InChI=1S/C29H33ClFN3O4S/c1-3-18-32-29(36)27(4-2)33(19-17-22-11-7-5-8-12-22)28(35)21-34(23-15-16-26(31)25(30)20-23)39(37,38)24-13-9-6-10-14-24/h5-16,20,27H,3-4,17-19,21H2,1-2H3,(H,32,36)/t27-/m0/s1. The fourth-order valence-electron chi connectivity index (χ4n) is 4.15. The van der Waals surface area contributed by atoms with E-state index in [0.717, 1.165) is 22.4 Å². The number of rotatable bonds is 13. The van der Waals surface area contributed by atoms with Crippen LogP contribution in [0.4, 0.5) is 10.1 Å². The van der Waals surface area contributed by atoms with E-state index in [1.807, 2.05) is 37.3 Å². The minimum Gasteiger partial charge on any atom is -0.354 e. The molecule has 3 aromatic rings. The molecule has 3 aromatic carbocycles. The summed E-state index contributed by atoms with van der Waals surface area (Å²) >= 11 is 5.99. The van der Waals surface area contributed by atoms with Crippen LogP contribution in [0.5, 0.6) is 0 Å². The summed E-state index contributed by atoms with van der Waals surface area (Å²) in [5.74, 6) is -1.58. The third kappa shape index (κ3) is 7.80. The Labute approximate surface area is 234 Å². The molecule has 208 valence electrons. The molecule has 10 heteroatoms. The maximum Gasteiger partial charge on any atom is 0.264 e. The van der Waals surface area contributed by atoms with Crippen molar-refractivity contribution < 1.29 is 22.4 Å². The highest BCUT2D eigenvalue weighted by Gasteiger charge is 2.33. The number of benzene rings is 3. The van der Waals surface area contributed by atoms with Crippen LogP contribution in [-0.2, 0) is 26.0 Å². The normalized spacial score (nSPS) is 12.0. The smallest absolute Gasteiger partial charge is 0.264 e. The number of halogens is 2. The van der Waals surface area contributed by atoms with Crippen LogP contribution in [0.25, 0.3) is 0 Å². The largest absolute Gasteiger partial charge is 0.354 e. The summed E-state index contributed by atoms with van der Waals surface area (Å²) in [4.78, 5) is 28.3. The minimum absolute atomic E-state index is 0.0325. The predicted molar refractivity (Wildman–Crippen MR) is 152 cm³/mol. The first-order chi connectivity index (χ1) is 18.7. The molecule has 0 unspecified atom stereocenters. The fraction of sp³-hybridized carbons (Fsp3) is 0.310. The first-order valence-electron chi connectivity index (χ1n) is 12.8. The van der Waals surface area contributed by atoms with E-state index in [1.165, 1.54) is 29.2 Å². The van der Waals surface area contributed by atoms with Gasteiger partial charge in [0.2, 0.25) is 11.8 Å². The number of carbonyl (C=O) groups excluding carboxylic acids is 2. The van der Waals surface area contributed by atoms with E-state index in [-0.39, 0.29) is 28.1 Å². The molecule has 2 amide bonds. The summed E-state index contributed by atoms with van der Waals surface area (Å²) in [6.07, 6.45) is 1.54. The summed E-state index contributed by atoms with van der Waals surface area (Å²) in [5, 5.41) is 2.57. The van der Waals surface area contributed by atoms with Crippen LogP contribution in [0.3, 0.4) is 0 Å². The Kier molecular flexibility index (Phi) is 10.9. The van der Waals surface area contributed by atoms with Gasteiger partial charge in [-0.05, 0) is 55.2 Å². The van der Waals surface area contributed by atoms with E-state index in [4.69, 9.17) is 11.6 Å². The van der Waals surface area contributed by atoms with Crippen molar-refractivity contribution in [2.24, 2.45) is 0 Å². The Bertz CT molecular complexity index is 1360. The lowest BCUT2D eigenvalue weighted by molar-refractivity contribution is -0.139. The molecule has 0 aromatic heterocycles. The Hall–Kier alpha value is -3.43. The number of hydrogen-bond donors (Lipinski definition) is 1. The molecule has 1 N–H and O–H groups in total. The molecule has 0 saturated heterocycles. The summed E-state index contributed by atoms with van der Waals surface area (Å²) in [6.45, 7) is 3.78. The van der Waals surface area contributed by atoms with Gasteiger partial charge in [-0.3, -0.25) is 13.9 Å². The number of nitrogens with one attached hydrogen (secondary N) is 1. The van der Waals surface area contributed by atoms with Crippen LogP contribution in [0.15, 0.2) is 83.8 Å². The van der Waals surface area contributed by atoms with Crippen LogP contribution in [-0.4, -0.2) is 50.8 Å². The van der Waals surface area contributed by atoms with Gasteiger partial charge in [-0.2, -0.15) is 0 Å². The lowest BCUT2D eigenvalue weighted by Gasteiger charge is -2.33. The highest BCUT2D eigenvalue weighted by molar-refractivity contribution is 7.92. The number of amides is 2. The van der Waals surface area contributed by atoms with E-state index in [2.05, 4.69) is 5.32 Å². The zero-order valence-corrected chi connectivity index (χ0v) is 23.6. The summed E-state index contributed by atoms with van der Waals surface area (Å²) in [6, 6.07) is 19.8. The van der Waals surface area contributed by atoms with E-state index in [1.54, 1.807) is 25.1 Å². The molecule has 0 saturated carbocycles. The van der Waals surface area contributed by atoms with E-state index in [0.29, 0.717) is 19.4 Å². The second kappa shape index (κ2) is 14.1. The fourth-order valence-corrected chi connectivity index (χ4v) is 5.75. The first-order valence-corrected chi connectivity index (χ1v) is 14.6. The number of sulfonamides is 1. The molecule has 0 bridgehead atoms. The minimum atomic E-state index is -4.24. The van der Waals surface area contributed by atoms with Crippen molar-refractivity contribution >= 4 is 39.1 Å². The molecular weight excluding hydrogens is 541 g/mol. The molecule has 0 fully saturated rings. The molecule has 0 spiro atoms. The molecule has 39 heavy (non-hydrogen) atoms. The molecule has 1 atom stereocenters. The number of carbonyl (C=O) groups is 2. The van der Waals surface area contributed by atoms with Gasteiger partial charge in [-0.15, -0.1) is 0 Å². The number of nitrogens with zero attached hydrogens (tertiary/aromatic N) is 2. The van der Waals surface area contributed by atoms with Crippen molar-refractivity contribution in [3.8, 4) is 0 Å². The maximum atomic E-state index is 14.0. The van der Waals surface area contributed by atoms with Crippen LogP contribution in [0.1, 0.15) is 32.3 Å². The van der Waals surface area contributed by atoms with Crippen LogP contribution in [0, 0.1) is 5.82 Å². The van der Waals surface area contributed by atoms with Gasteiger partial charge in [0.05, 0.1) is 15.6 Å². The van der Waals surface area contributed by atoms with Crippen LogP contribution >= 0.6 is 11.6 Å². The average molecular weight is 574 g/mol. The van der Waals surface area contributed by atoms with Crippen molar-refractivity contribution in [1.29, 1.82) is 0 Å². The lowest BCUT2D eigenvalue weighted by atomic mass is 10.1. The highest BCUT2D eigenvalue weighted by atomic mass is 35.5. The van der Waals surface area contributed by atoms with Gasteiger partial charge in [0.15, 0.2) is 0 Å². The Balaban J connectivity index is 2.01. The molecule has 0 radical (unpaired) electrons. The predicted octanol–water partition coefficient (Wildman–Crippen LogP) is 5.05. The average Bonchev–Trinajstić information content (AvgIpc) is 2.95. The maximum absolute atomic E-state index is 14.0. The summed E-state index contributed by atoms with van der Waals surface area (Å²) < 4.78 is 42.3. The second-order valence-corrected chi connectivity index (χ2v) is 11.2. The van der Waals surface area contributed by atoms with Gasteiger partial charge in [0, 0.05) is 13.1 Å². The topological polar surface area (TPSA) is 86.8 Å². The molecule has 0 aliphatic carbocycles. The molecule has 0 heterocycles. The summed E-state index contributed by atoms with van der Waals surface area (Å²) in [5.41, 5.74) is 1.00. The van der Waals surface area contributed by atoms with Crippen LogP contribution in [0.2, 0.25) is 5.02 Å². The van der Waals surface area contributed by atoms with Crippen LogP contribution < -0.4 is 9.62 Å². The van der Waals surface area contributed by atoms with Gasteiger partial charge < -0.3 is 10.2 Å². The van der Waals surface area contributed by atoms with E-state index >= 15 is 0 Å².